The fourth-order valence-electron chi connectivity index (χ4n) is 1.70. The van der Waals surface area contributed by atoms with Crippen LogP contribution in [0.4, 0.5) is 4.39 Å². The van der Waals surface area contributed by atoms with Gasteiger partial charge in [-0.25, -0.2) is 4.39 Å². The van der Waals surface area contributed by atoms with Gasteiger partial charge in [-0.05, 0) is 24.1 Å². The molecule has 1 aliphatic rings. The number of carboxylic acid groups (broad SMARTS) is 1. The number of hydrogen-bond acceptors (Lipinski definition) is 3. The number of phenols is 1. The van der Waals surface area contributed by atoms with E-state index in [0.29, 0.717) is 5.56 Å². The first kappa shape index (κ1) is 10.9. The second-order valence-electron chi connectivity index (χ2n) is 3.86. The van der Waals surface area contributed by atoms with Crippen molar-refractivity contribution in [3.63, 3.8) is 0 Å². The maximum Gasteiger partial charge on any atom is 0.321 e. The summed E-state index contributed by atoms with van der Waals surface area (Å²) < 4.78 is 12.8. The molecule has 2 rings (SSSR count). The van der Waals surface area contributed by atoms with Gasteiger partial charge in [-0.2, -0.15) is 0 Å². The quantitative estimate of drug-likeness (QED) is 0.592. The monoisotopic (exact) mass is 225 g/mol. The molecule has 0 aromatic heterocycles. The van der Waals surface area contributed by atoms with Crippen LogP contribution in [-0.2, 0) is 11.2 Å². The molecule has 0 aliphatic carbocycles. The summed E-state index contributed by atoms with van der Waals surface area (Å²) in [4.78, 5) is 12.2. The maximum absolute atomic E-state index is 12.8. The Morgan fingerprint density at radius 1 is 1.62 bits per heavy atom. The summed E-state index contributed by atoms with van der Waals surface area (Å²) in [6.07, 6.45) is -0.942. The summed E-state index contributed by atoms with van der Waals surface area (Å²) in [6, 6.07) is 5.50. The molecular formula is C11H12FNO3. The van der Waals surface area contributed by atoms with E-state index in [9.17, 15) is 14.3 Å². The lowest BCUT2D eigenvalue weighted by Gasteiger charge is -2.13. The average molecular weight is 225 g/mol. The molecule has 4 nitrogen and oxygen atoms in total. The highest BCUT2D eigenvalue weighted by atomic mass is 19.1. The molecule has 1 aromatic carbocycles. The van der Waals surface area contributed by atoms with E-state index in [2.05, 4.69) is 0 Å². The van der Waals surface area contributed by atoms with Crippen LogP contribution < -0.4 is 0 Å². The van der Waals surface area contributed by atoms with Gasteiger partial charge in [-0.1, -0.05) is 12.1 Å². The van der Waals surface area contributed by atoms with Crippen molar-refractivity contribution in [3.05, 3.63) is 29.8 Å². The topological polar surface area (TPSA) is 60.5 Å². The fourth-order valence-corrected chi connectivity index (χ4v) is 1.70. The standard InChI is InChI=1S/C11H12FNO3/c12-10-6-13(10)9(11(15)16)5-7-2-1-3-8(14)4-7/h1-4,9-10,14H,5-6H2,(H,15,16)/t9-,10?,13?/m0/s1. The maximum atomic E-state index is 12.8. The second kappa shape index (κ2) is 4.09. The summed E-state index contributed by atoms with van der Waals surface area (Å²) in [6.45, 7) is 0.176. The van der Waals surface area contributed by atoms with Crippen molar-refractivity contribution < 1.29 is 19.4 Å². The molecule has 5 heteroatoms. The molecule has 3 atom stereocenters. The molecular weight excluding hydrogens is 213 g/mol. The number of hydrogen-bond donors (Lipinski definition) is 2. The second-order valence-corrected chi connectivity index (χ2v) is 3.86. The largest absolute Gasteiger partial charge is 0.508 e. The van der Waals surface area contributed by atoms with Gasteiger partial charge in [-0.3, -0.25) is 9.69 Å². The number of halogens is 1. The molecule has 16 heavy (non-hydrogen) atoms. The van der Waals surface area contributed by atoms with E-state index in [0.717, 1.165) is 0 Å². The van der Waals surface area contributed by atoms with Gasteiger partial charge in [0, 0.05) is 6.54 Å². The molecule has 1 fully saturated rings. The molecule has 1 heterocycles. The lowest BCUT2D eigenvalue weighted by molar-refractivity contribution is -0.141. The number of alkyl halides is 1. The number of phenolic OH excluding ortho intramolecular Hbond substituents is 1. The number of rotatable bonds is 4. The van der Waals surface area contributed by atoms with Crippen molar-refractivity contribution >= 4 is 5.97 Å². The van der Waals surface area contributed by atoms with Gasteiger partial charge in [0.1, 0.15) is 11.8 Å². The average Bonchev–Trinajstić information content (AvgIpc) is 2.91. The van der Waals surface area contributed by atoms with Crippen LogP contribution in [0.1, 0.15) is 5.56 Å². The summed E-state index contributed by atoms with van der Waals surface area (Å²) in [5.41, 5.74) is 0.687. The molecule has 0 saturated carbocycles. The minimum Gasteiger partial charge on any atom is -0.508 e. The van der Waals surface area contributed by atoms with Gasteiger partial charge in [-0.15, -0.1) is 0 Å². The van der Waals surface area contributed by atoms with E-state index in [1.807, 2.05) is 0 Å². The minimum atomic E-state index is -1.14. The number of aliphatic carboxylic acids is 1. The molecule has 0 spiro atoms. The Balaban J connectivity index is 2.09. The number of carbonyl (C=O) groups is 1. The highest BCUT2D eigenvalue weighted by molar-refractivity contribution is 5.74. The lowest BCUT2D eigenvalue weighted by atomic mass is 10.1. The van der Waals surface area contributed by atoms with Gasteiger partial charge < -0.3 is 10.2 Å². The first-order chi connectivity index (χ1) is 7.58. The fraction of sp³-hybridized carbons (Fsp3) is 0.364. The molecule has 86 valence electrons. The molecule has 0 radical (unpaired) electrons. The van der Waals surface area contributed by atoms with E-state index in [1.165, 1.54) is 17.0 Å². The first-order valence-electron chi connectivity index (χ1n) is 4.98. The van der Waals surface area contributed by atoms with Crippen molar-refractivity contribution in [1.29, 1.82) is 0 Å². The molecule has 0 bridgehead atoms. The smallest absolute Gasteiger partial charge is 0.321 e. The van der Waals surface area contributed by atoms with E-state index in [1.54, 1.807) is 12.1 Å². The van der Waals surface area contributed by atoms with Crippen LogP contribution in [0.5, 0.6) is 5.75 Å². The van der Waals surface area contributed by atoms with Crippen LogP contribution in [0, 0.1) is 0 Å². The number of aromatic hydroxyl groups is 1. The summed E-state index contributed by atoms with van der Waals surface area (Å²) in [7, 11) is 0. The third-order valence-electron chi connectivity index (χ3n) is 2.61. The number of carboxylic acids is 1. The van der Waals surface area contributed by atoms with E-state index >= 15 is 0 Å². The van der Waals surface area contributed by atoms with Gasteiger partial charge >= 0.3 is 5.97 Å². The van der Waals surface area contributed by atoms with Crippen LogP contribution in [0.3, 0.4) is 0 Å². The van der Waals surface area contributed by atoms with Crippen LogP contribution >= 0.6 is 0 Å². The Labute approximate surface area is 91.9 Å². The Morgan fingerprint density at radius 3 is 2.81 bits per heavy atom. The zero-order chi connectivity index (χ0) is 11.7. The van der Waals surface area contributed by atoms with Crippen LogP contribution in [0.25, 0.3) is 0 Å². The van der Waals surface area contributed by atoms with Crippen molar-refractivity contribution in [2.75, 3.05) is 6.54 Å². The minimum absolute atomic E-state index is 0.0873. The Bertz CT molecular complexity index is 410. The van der Waals surface area contributed by atoms with Crippen LogP contribution in [0.15, 0.2) is 24.3 Å². The summed E-state index contributed by atoms with van der Waals surface area (Å²) in [5, 5.41) is 18.2. The molecule has 2 N–H and O–H groups in total. The Morgan fingerprint density at radius 2 is 2.31 bits per heavy atom. The zero-order valence-electron chi connectivity index (χ0n) is 8.51. The third-order valence-corrected chi connectivity index (χ3v) is 2.61. The van der Waals surface area contributed by atoms with Crippen molar-refractivity contribution in [2.45, 2.75) is 18.8 Å². The third kappa shape index (κ3) is 2.30. The summed E-state index contributed by atoms with van der Waals surface area (Å²) >= 11 is 0. The van der Waals surface area contributed by atoms with Gasteiger partial charge in [0.05, 0.1) is 0 Å². The Kier molecular flexibility index (Phi) is 2.78. The van der Waals surface area contributed by atoms with E-state index in [4.69, 9.17) is 5.11 Å². The van der Waals surface area contributed by atoms with E-state index < -0.39 is 18.3 Å². The highest BCUT2D eigenvalue weighted by Crippen LogP contribution is 2.25. The Hall–Kier alpha value is -1.62. The van der Waals surface area contributed by atoms with Gasteiger partial charge in [0.25, 0.3) is 0 Å². The highest BCUT2D eigenvalue weighted by Gasteiger charge is 2.43. The number of nitrogens with zero attached hydrogens (tertiary/aromatic N) is 1. The van der Waals surface area contributed by atoms with E-state index in [-0.39, 0.29) is 18.7 Å². The van der Waals surface area contributed by atoms with Gasteiger partial charge in [0.15, 0.2) is 6.30 Å². The molecule has 1 aliphatic heterocycles. The van der Waals surface area contributed by atoms with Crippen molar-refractivity contribution in [3.8, 4) is 5.75 Å². The first-order valence-corrected chi connectivity index (χ1v) is 4.98. The zero-order valence-corrected chi connectivity index (χ0v) is 8.51. The van der Waals surface area contributed by atoms with Gasteiger partial charge in [0.2, 0.25) is 0 Å². The predicted molar refractivity (Wildman–Crippen MR) is 54.8 cm³/mol. The normalized spacial score (nSPS) is 25.1. The molecule has 1 aromatic rings. The van der Waals surface area contributed by atoms with Crippen LogP contribution in [-0.4, -0.2) is 40.0 Å². The molecule has 1 saturated heterocycles. The predicted octanol–water partition coefficient (Wildman–Crippen LogP) is 0.999. The summed E-state index contributed by atoms with van der Waals surface area (Å²) in [5.74, 6) is -0.951. The SMILES string of the molecule is O=C(O)[C@H](Cc1cccc(O)c1)N1CC1F. The number of benzene rings is 1. The molecule has 0 amide bonds. The van der Waals surface area contributed by atoms with Crippen molar-refractivity contribution in [2.24, 2.45) is 0 Å². The lowest BCUT2D eigenvalue weighted by Crippen LogP contribution is -2.31. The van der Waals surface area contributed by atoms with Crippen LogP contribution in [0.2, 0.25) is 0 Å². The van der Waals surface area contributed by atoms with Crippen molar-refractivity contribution in [1.82, 2.24) is 4.90 Å². The molecule has 2 unspecified atom stereocenters.